The van der Waals surface area contributed by atoms with Gasteiger partial charge in [0.1, 0.15) is 6.04 Å². The van der Waals surface area contributed by atoms with Crippen LogP contribution in [0.5, 0.6) is 5.75 Å². The molecule has 1 aliphatic heterocycles. The number of carboxylic acids is 1. The van der Waals surface area contributed by atoms with Crippen molar-refractivity contribution in [2.24, 2.45) is 0 Å². The lowest BCUT2D eigenvalue weighted by molar-refractivity contribution is -0.141. The van der Waals surface area contributed by atoms with Crippen molar-refractivity contribution in [2.75, 3.05) is 19.0 Å². The first-order chi connectivity index (χ1) is 9.92. The van der Waals surface area contributed by atoms with Gasteiger partial charge in [-0.2, -0.15) is 0 Å². The maximum Gasteiger partial charge on any atom is 0.326 e. The molecule has 0 bridgehead atoms. The zero-order valence-electron chi connectivity index (χ0n) is 11.2. The van der Waals surface area contributed by atoms with Gasteiger partial charge in [0, 0.05) is 24.7 Å². The quantitative estimate of drug-likeness (QED) is 0.769. The number of carbonyl (C=O) groups is 2. The second kappa shape index (κ2) is 5.96. The smallest absolute Gasteiger partial charge is 0.326 e. The lowest BCUT2D eigenvalue weighted by atomic mass is 10.2. The zero-order valence-corrected chi connectivity index (χ0v) is 11.2. The minimum atomic E-state index is -1.19. The molecule has 0 saturated carbocycles. The molecule has 7 nitrogen and oxygen atoms in total. The van der Waals surface area contributed by atoms with Gasteiger partial charge in [-0.3, -0.25) is 0 Å². The Labute approximate surface area is 119 Å². The van der Waals surface area contributed by atoms with E-state index < -0.39 is 30.0 Å². The Balaban J connectivity index is 2.10. The summed E-state index contributed by atoms with van der Waals surface area (Å²) in [6, 6.07) is 2.05. The van der Waals surface area contributed by atoms with E-state index in [1.807, 2.05) is 0 Å². The van der Waals surface area contributed by atoms with E-state index in [2.05, 4.69) is 5.32 Å². The third-order valence-electron chi connectivity index (χ3n) is 3.23. The predicted octanol–water partition coefficient (Wildman–Crippen LogP) is 0.886. The number of aliphatic hydroxyl groups is 1. The normalized spacial score (nSPS) is 21.2. The van der Waals surface area contributed by atoms with Crippen LogP contribution in [0.1, 0.15) is 6.42 Å². The van der Waals surface area contributed by atoms with Crippen molar-refractivity contribution < 1.29 is 28.9 Å². The molecule has 1 aromatic carbocycles. The maximum atomic E-state index is 13.5. The summed E-state index contributed by atoms with van der Waals surface area (Å²) in [5, 5.41) is 20.9. The van der Waals surface area contributed by atoms with Crippen LogP contribution in [0.25, 0.3) is 0 Å². The standard InChI is InChI=1S/C13H15FN2O5/c1-21-11-3-2-7(4-9(11)14)15-13(20)16-6-8(17)5-10(16)12(18)19/h2-4,8,10,17H,5-6H2,1H3,(H,15,20)(H,18,19)/t8-,10-/m0/s1. The largest absolute Gasteiger partial charge is 0.494 e. The number of rotatable bonds is 3. The molecule has 1 saturated heterocycles. The molecule has 21 heavy (non-hydrogen) atoms. The van der Waals surface area contributed by atoms with Crippen molar-refractivity contribution in [2.45, 2.75) is 18.6 Å². The molecule has 2 atom stereocenters. The minimum absolute atomic E-state index is 0.0280. The van der Waals surface area contributed by atoms with E-state index in [0.29, 0.717) is 0 Å². The molecule has 114 valence electrons. The number of β-amino-alcohol motifs (C(OH)–C–C–N with tert-alkyl or cyclic N) is 1. The summed E-state index contributed by atoms with van der Waals surface area (Å²) in [6.07, 6.45) is -0.913. The van der Waals surface area contributed by atoms with Gasteiger partial charge in [0.2, 0.25) is 0 Å². The van der Waals surface area contributed by atoms with E-state index >= 15 is 0 Å². The van der Waals surface area contributed by atoms with Gasteiger partial charge in [0.05, 0.1) is 13.2 Å². The van der Waals surface area contributed by atoms with Crippen LogP contribution in [0.4, 0.5) is 14.9 Å². The fraction of sp³-hybridized carbons (Fsp3) is 0.385. The summed E-state index contributed by atoms with van der Waals surface area (Å²) in [4.78, 5) is 24.1. The number of anilines is 1. The number of ether oxygens (including phenoxy) is 1. The van der Waals surface area contributed by atoms with Gasteiger partial charge >= 0.3 is 12.0 Å². The molecule has 0 radical (unpaired) electrons. The van der Waals surface area contributed by atoms with Gasteiger partial charge in [0.25, 0.3) is 0 Å². The molecule has 1 aromatic rings. The first kappa shape index (κ1) is 15.0. The van der Waals surface area contributed by atoms with Gasteiger partial charge in [-0.05, 0) is 12.1 Å². The number of hydrogen-bond acceptors (Lipinski definition) is 4. The average Bonchev–Trinajstić information content (AvgIpc) is 2.81. The number of likely N-dealkylation sites (tertiary alicyclic amines) is 1. The molecule has 1 aliphatic rings. The number of aliphatic hydroxyl groups excluding tert-OH is 1. The molecule has 2 rings (SSSR count). The van der Waals surface area contributed by atoms with Crippen LogP contribution in [-0.4, -0.2) is 52.9 Å². The number of nitrogens with zero attached hydrogens (tertiary/aromatic N) is 1. The van der Waals surface area contributed by atoms with Gasteiger partial charge in [-0.1, -0.05) is 0 Å². The number of nitrogens with one attached hydrogen (secondary N) is 1. The van der Waals surface area contributed by atoms with E-state index in [-0.39, 0.29) is 24.4 Å². The second-order valence-corrected chi connectivity index (χ2v) is 4.68. The summed E-state index contributed by atoms with van der Waals surface area (Å²) in [7, 11) is 1.32. The number of aliphatic carboxylic acids is 1. The zero-order chi connectivity index (χ0) is 15.6. The third kappa shape index (κ3) is 3.22. The Kier molecular flexibility index (Phi) is 4.27. The van der Waals surface area contributed by atoms with Crippen LogP contribution < -0.4 is 10.1 Å². The maximum absolute atomic E-state index is 13.5. The fourth-order valence-corrected chi connectivity index (χ4v) is 2.21. The summed E-state index contributed by atoms with van der Waals surface area (Å²) in [5.74, 6) is -1.80. The summed E-state index contributed by atoms with van der Waals surface area (Å²) in [6.45, 7) is -0.0819. The minimum Gasteiger partial charge on any atom is -0.494 e. The first-order valence-electron chi connectivity index (χ1n) is 6.24. The van der Waals surface area contributed by atoms with Crippen LogP contribution in [0, 0.1) is 5.82 Å². The van der Waals surface area contributed by atoms with Crippen molar-refractivity contribution in [3.63, 3.8) is 0 Å². The fourth-order valence-electron chi connectivity index (χ4n) is 2.21. The van der Waals surface area contributed by atoms with Crippen LogP contribution >= 0.6 is 0 Å². The average molecular weight is 298 g/mol. The van der Waals surface area contributed by atoms with E-state index in [1.54, 1.807) is 0 Å². The Bertz CT molecular complexity index is 565. The van der Waals surface area contributed by atoms with Crippen molar-refractivity contribution in [1.82, 2.24) is 4.90 Å². The number of halogens is 1. The SMILES string of the molecule is COc1ccc(NC(=O)N2C[C@@H](O)C[C@H]2C(=O)O)cc1F. The monoisotopic (exact) mass is 298 g/mol. The molecule has 8 heteroatoms. The molecule has 1 fully saturated rings. The number of urea groups is 1. The van der Waals surface area contributed by atoms with Gasteiger partial charge in [0.15, 0.2) is 11.6 Å². The Morgan fingerprint density at radius 1 is 1.48 bits per heavy atom. The van der Waals surface area contributed by atoms with Crippen molar-refractivity contribution >= 4 is 17.7 Å². The number of carboxylic acid groups (broad SMARTS) is 1. The Morgan fingerprint density at radius 2 is 2.19 bits per heavy atom. The Hall–Kier alpha value is -2.35. The number of carbonyl (C=O) groups excluding carboxylic acids is 1. The number of hydrogen-bond donors (Lipinski definition) is 3. The topological polar surface area (TPSA) is 99.1 Å². The summed E-state index contributed by atoms with van der Waals surface area (Å²) < 4.78 is 18.3. The predicted molar refractivity (Wildman–Crippen MR) is 70.7 cm³/mol. The highest BCUT2D eigenvalue weighted by molar-refractivity contribution is 5.92. The third-order valence-corrected chi connectivity index (χ3v) is 3.23. The lowest BCUT2D eigenvalue weighted by Gasteiger charge is -2.21. The molecule has 2 amide bonds. The molecule has 0 aliphatic carbocycles. The van der Waals surface area contributed by atoms with Crippen LogP contribution in [0.3, 0.4) is 0 Å². The van der Waals surface area contributed by atoms with Crippen molar-refractivity contribution in [1.29, 1.82) is 0 Å². The molecule has 1 heterocycles. The van der Waals surface area contributed by atoms with E-state index in [9.17, 15) is 19.1 Å². The van der Waals surface area contributed by atoms with E-state index in [4.69, 9.17) is 9.84 Å². The van der Waals surface area contributed by atoms with Gasteiger partial charge < -0.3 is 25.2 Å². The van der Waals surface area contributed by atoms with Gasteiger partial charge in [-0.25, -0.2) is 14.0 Å². The van der Waals surface area contributed by atoms with Crippen molar-refractivity contribution in [3.8, 4) is 5.75 Å². The van der Waals surface area contributed by atoms with E-state index in [1.165, 1.54) is 19.2 Å². The van der Waals surface area contributed by atoms with Crippen LogP contribution in [0.2, 0.25) is 0 Å². The molecular weight excluding hydrogens is 283 g/mol. The highest BCUT2D eigenvalue weighted by Gasteiger charge is 2.39. The summed E-state index contributed by atoms with van der Waals surface area (Å²) in [5.41, 5.74) is 0.170. The molecule has 0 spiro atoms. The molecule has 3 N–H and O–H groups in total. The van der Waals surface area contributed by atoms with E-state index in [0.717, 1.165) is 11.0 Å². The number of amides is 2. The van der Waals surface area contributed by atoms with Gasteiger partial charge in [-0.15, -0.1) is 0 Å². The van der Waals surface area contributed by atoms with Crippen molar-refractivity contribution in [3.05, 3.63) is 24.0 Å². The number of benzene rings is 1. The van der Waals surface area contributed by atoms with Crippen LogP contribution in [0.15, 0.2) is 18.2 Å². The lowest BCUT2D eigenvalue weighted by Crippen LogP contribution is -2.43. The molecular formula is C13H15FN2O5. The molecule has 0 aromatic heterocycles. The molecule has 0 unspecified atom stereocenters. The highest BCUT2D eigenvalue weighted by Crippen LogP contribution is 2.23. The number of methoxy groups -OCH3 is 1. The first-order valence-corrected chi connectivity index (χ1v) is 6.24. The summed E-state index contributed by atoms with van der Waals surface area (Å²) >= 11 is 0. The second-order valence-electron chi connectivity index (χ2n) is 4.68. The highest BCUT2D eigenvalue weighted by atomic mass is 19.1. The Morgan fingerprint density at radius 3 is 2.76 bits per heavy atom. The van der Waals surface area contributed by atoms with Crippen LogP contribution in [-0.2, 0) is 4.79 Å².